The quantitative estimate of drug-likeness (QED) is 0.793. The molecule has 1 aliphatic rings. The van der Waals surface area contributed by atoms with E-state index < -0.39 is 5.60 Å². The molecule has 0 aromatic carbocycles. The predicted molar refractivity (Wildman–Crippen MR) is 68.7 cm³/mol. The van der Waals surface area contributed by atoms with Crippen molar-refractivity contribution in [1.29, 1.82) is 0 Å². The monoisotopic (exact) mass is 242 g/mol. The van der Waals surface area contributed by atoms with Crippen molar-refractivity contribution in [2.24, 2.45) is 23.0 Å². The van der Waals surface area contributed by atoms with E-state index in [4.69, 9.17) is 10.5 Å². The van der Waals surface area contributed by atoms with E-state index in [2.05, 4.69) is 19.2 Å². The van der Waals surface area contributed by atoms with Crippen LogP contribution in [0.3, 0.4) is 0 Å². The summed E-state index contributed by atoms with van der Waals surface area (Å²) in [5, 5.41) is 2.83. The number of amides is 1. The summed E-state index contributed by atoms with van der Waals surface area (Å²) in [5.74, 6) is 1.35. The number of hydrogen-bond donors (Lipinski definition) is 2. The Kier molecular flexibility index (Phi) is 4.07. The van der Waals surface area contributed by atoms with Crippen LogP contribution >= 0.6 is 0 Å². The molecule has 3 N–H and O–H groups in total. The van der Waals surface area contributed by atoms with Crippen LogP contribution in [-0.2, 0) is 4.74 Å². The molecular weight excluding hydrogens is 216 g/mol. The topological polar surface area (TPSA) is 64.3 Å². The molecule has 1 amide bonds. The average Bonchev–Trinajstić information content (AvgIpc) is 2.90. The van der Waals surface area contributed by atoms with Crippen molar-refractivity contribution in [3.8, 4) is 0 Å². The second-order valence-electron chi connectivity index (χ2n) is 6.53. The minimum Gasteiger partial charge on any atom is -0.444 e. The lowest BCUT2D eigenvalue weighted by Crippen LogP contribution is -2.44. The number of carbonyl (C=O) groups excluding carboxylic acids is 1. The molecular formula is C13H26N2O2. The summed E-state index contributed by atoms with van der Waals surface area (Å²) in [6, 6.07) is 0. The highest BCUT2D eigenvalue weighted by Crippen LogP contribution is 2.49. The summed E-state index contributed by atoms with van der Waals surface area (Å²) in [7, 11) is 0. The minimum absolute atomic E-state index is 0.00365. The third-order valence-electron chi connectivity index (χ3n) is 3.51. The van der Waals surface area contributed by atoms with Crippen molar-refractivity contribution in [2.75, 3.05) is 13.1 Å². The van der Waals surface area contributed by atoms with Gasteiger partial charge in [-0.3, -0.25) is 0 Å². The van der Waals surface area contributed by atoms with Crippen molar-refractivity contribution in [3.05, 3.63) is 0 Å². The second kappa shape index (κ2) is 4.84. The molecule has 1 rings (SSSR count). The van der Waals surface area contributed by atoms with E-state index in [1.807, 2.05) is 20.8 Å². The van der Waals surface area contributed by atoms with Gasteiger partial charge in [-0.2, -0.15) is 0 Å². The number of ether oxygens (including phenoxy) is 1. The summed E-state index contributed by atoms with van der Waals surface area (Å²) in [4.78, 5) is 11.6. The summed E-state index contributed by atoms with van der Waals surface area (Å²) in [6.45, 7) is 11.1. The molecule has 0 aromatic heterocycles. The van der Waals surface area contributed by atoms with Crippen molar-refractivity contribution < 1.29 is 9.53 Å². The number of carbonyl (C=O) groups is 1. The van der Waals surface area contributed by atoms with Crippen LogP contribution < -0.4 is 11.1 Å². The molecule has 0 spiro atoms. The molecule has 3 atom stereocenters. The maximum absolute atomic E-state index is 11.6. The third kappa shape index (κ3) is 4.19. The lowest BCUT2D eigenvalue weighted by Gasteiger charge is -2.29. The van der Waals surface area contributed by atoms with Gasteiger partial charge in [0.1, 0.15) is 5.60 Å². The van der Waals surface area contributed by atoms with Gasteiger partial charge in [0.05, 0.1) is 0 Å². The van der Waals surface area contributed by atoms with Gasteiger partial charge < -0.3 is 15.8 Å². The lowest BCUT2D eigenvalue weighted by molar-refractivity contribution is 0.0497. The van der Waals surface area contributed by atoms with Gasteiger partial charge in [0.25, 0.3) is 0 Å². The first-order valence-corrected chi connectivity index (χ1v) is 6.35. The molecule has 100 valence electrons. The van der Waals surface area contributed by atoms with Gasteiger partial charge >= 0.3 is 6.09 Å². The van der Waals surface area contributed by atoms with E-state index in [-0.39, 0.29) is 11.5 Å². The molecule has 0 saturated heterocycles. The van der Waals surface area contributed by atoms with Crippen LogP contribution in [0.4, 0.5) is 4.79 Å². The van der Waals surface area contributed by atoms with Gasteiger partial charge in [0, 0.05) is 12.0 Å². The molecule has 4 nitrogen and oxygen atoms in total. The van der Waals surface area contributed by atoms with Crippen LogP contribution in [0.25, 0.3) is 0 Å². The molecule has 0 aliphatic heterocycles. The molecule has 1 fully saturated rings. The van der Waals surface area contributed by atoms with Crippen LogP contribution in [0.15, 0.2) is 0 Å². The van der Waals surface area contributed by atoms with E-state index in [0.717, 1.165) is 5.92 Å². The van der Waals surface area contributed by atoms with Crippen molar-refractivity contribution in [1.82, 2.24) is 5.32 Å². The molecule has 0 heterocycles. The average molecular weight is 242 g/mol. The van der Waals surface area contributed by atoms with Crippen molar-refractivity contribution in [2.45, 2.75) is 46.6 Å². The van der Waals surface area contributed by atoms with Gasteiger partial charge in [-0.15, -0.1) is 0 Å². The second-order valence-corrected chi connectivity index (χ2v) is 6.53. The molecule has 0 bridgehead atoms. The highest BCUT2D eigenvalue weighted by Gasteiger charge is 2.46. The summed E-state index contributed by atoms with van der Waals surface area (Å²) in [5.41, 5.74) is 5.38. The number of nitrogens with two attached hydrogens (primary N) is 1. The Bertz CT molecular complexity index is 286. The molecule has 1 aliphatic carbocycles. The van der Waals surface area contributed by atoms with Crippen LogP contribution in [-0.4, -0.2) is 24.8 Å². The van der Waals surface area contributed by atoms with Gasteiger partial charge in [0.15, 0.2) is 0 Å². The van der Waals surface area contributed by atoms with Gasteiger partial charge in [-0.1, -0.05) is 13.8 Å². The fraction of sp³-hybridized carbons (Fsp3) is 0.923. The SMILES string of the molecule is CC1CC1C(C)(CN)CNC(=O)OC(C)(C)C. The van der Waals surface area contributed by atoms with Gasteiger partial charge in [-0.25, -0.2) is 4.79 Å². The minimum atomic E-state index is -0.448. The highest BCUT2D eigenvalue weighted by atomic mass is 16.6. The normalized spacial score (nSPS) is 27.2. The Morgan fingerprint density at radius 2 is 1.94 bits per heavy atom. The maximum Gasteiger partial charge on any atom is 0.407 e. The number of rotatable bonds is 4. The molecule has 0 radical (unpaired) electrons. The zero-order valence-corrected chi connectivity index (χ0v) is 11.7. The van der Waals surface area contributed by atoms with Crippen LogP contribution in [0.2, 0.25) is 0 Å². The van der Waals surface area contributed by atoms with Gasteiger partial charge in [0.2, 0.25) is 0 Å². The molecule has 17 heavy (non-hydrogen) atoms. The van der Waals surface area contributed by atoms with E-state index in [9.17, 15) is 4.79 Å². The zero-order chi connectivity index (χ0) is 13.3. The highest BCUT2D eigenvalue weighted by molar-refractivity contribution is 5.67. The zero-order valence-electron chi connectivity index (χ0n) is 11.7. The van der Waals surface area contributed by atoms with Gasteiger partial charge in [-0.05, 0) is 45.6 Å². The Morgan fingerprint density at radius 1 is 1.41 bits per heavy atom. The maximum atomic E-state index is 11.6. The lowest BCUT2D eigenvalue weighted by atomic mass is 9.84. The van der Waals surface area contributed by atoms with E-state index >= 15 is 0 Å². The van der Waals surface area contributed by atoms with E-state index in [0.29, 0.717) is 19.0 Å². The standard InChI is InChI=1S/C13H26N2O2/c1-9-6-10(9)13(5,7-14)8-15-11(16)17-12(2,3)4/h9-10H,6-8,14H2,1-5H3,(H,15,16). The van der Waals surface area contributed by atoms with Crippen molar-refractivity contribution in [3.63, 3.8) is 0 Å². The van der Waals surface area contributed by atoms with Crippen LogP contribution in [0.1, 0.15) is 41.0 Å². The Labute approximate surface area is 104 Å². The summed E-state index contributed by atoms with van der Waals surface area (Å²) in [6.07, 6.45) is 0.856. The summed E-state index contributed by atoms with van der Waals surface area (Å²) < 4.78 is 5.21. The number of nitrogens with one attached hydrogen (secondary N) is 1. The first kappa shape index (κ1) is 14.3. The first-order chi connectivity index (χ1) is 7.68. The Balaban J connectivity index is 2.40. The Hall–Kier alpha value is -0.770. The number of alkyl carbamates (subject to hydrolysis) is 1. The first-order valence-electron chi connectivity index (χ1n) is 6.35. The van der Waals surface area contributed by atoms with E-state index in [1.54, 1.807) is 0 Å². The smallest absolute Gasteiger partial charge is 0.407 e. The van der Waals surface area contributed by atoms with Crippen molar-refractivity contribution >= 4 is 6.09 Å². The third-order valence-corrected chi connectivity index (χ3v) is 3.51. The molecule has 0 aromatic rings. The fourth-order valence-corrected chi connectivity index (χ4v) is 2.24. The van der Waals surface area contributed by atoms with Crippen LogP contribution in [0.5, 0.6) is 0 Å². The van der Waals surface area contributed by atoms with Crippen LogP contribution in [0, 0.1) is 17.3 Å². The predicted octanol–water partition coefficient (Wildman–Crippen LogP) is 2.13. The number of hydrogen-bond acceptors (Lipinski definition) is 3. The fourth-order valence-electron chi connectivity index (χ4n) is 2.24. The Morgan fingerprint density at radius 3 is 2.29 bits per heavy atom. The molecule has 1 saturated carbocycles. The largest absolute Gasteiger partial charge is 0.444 e. The molecule has 3 unspecified atom stereocenters. The summed E-state index contributed by atoms with van der Waals surface area (Å²) >= 11 is 0. The molecule has 4 heteroatoms. The van der Waals surface area contributed by atoms with E-state index in [1.165, 1.54) is 6.42 Å².